The highest BCUT2D eigenvalue weighted by Gasteiger charge is 2.16. The van der Waals surface area contributed by atoms with Crippen LogP contribution in [0.2, 0.25) is 0 Å². The van der Waals surface area contributed by atoms with Gasteiger partial charge in [-0.15, -0.1) is 0 Å². The van der Waals surface area contributed by atoms with E-state index in [4.69, 9.17) is 9.52 Å². The number of fused-ring (bicyclic) bond motifs is 1. The van der Waals surface area contributed by atoms with Crippen molar-refractivity contribution in [3.63, 3.8) is 0 Å². The van der Waals surface area contributed by atoms with Crippen molar-refractivity contribution in [3.05, 3.63) is 34.5 Å². The molecule has 1 aromatic carbocycles. The van der Waals surface area contributed by atoms with Crippen LogP contribution in [0.4, 0.5) is 0 Å². The summed E-state index contributed by atoms with van der Waals surface area (Å²) in [4.78, 5) is 13.3. The molecule has 1 aromatic heterocycles. The number of nitrogens with zero attached hydrogens (tertiary/aromatic N) is 1. The van der Waals surface area contributed by atoms with Crippen molar-refractivity contribution in [2.24, 2.45) is 0 Å². The number of likely N-dealkylation sites (N-methyl/N-ethyl adjacent to an activating group) is 1. The molecule has 2 aromatic rings. The van der Waals surface area contributed by atoms with Crippen molar-refractivity contribution in [2.45, 2.75) is 0 Å². The molecule has 1 amide bonds. The van der Waals surface area contributed by atoms with Crippen LogP contribution in [0.5, 0.6) is 0 Å². The molecule has 0 radical (unpaired) electrons. The molecule has 2 rings (SSSR count). The quantitative estimate of drug-likeness (QED) is 0.945. The third-order valence-electron chi connectivity index (χ3n) is 2.48. The molecule has 0 saturated heterocycles. The molecule has 0 unspecified atom stereocenters. The van der Waals surface area contributed by atoms with Gasteiger partial charge in [0.15, 0.2) is 5.76 Å². The summed E-state index contributed by atoms with van der Waals surface area (Å²) in [5, 5.41) is 9.66. The average Bonchev–Trinajstić information content (AvgIpc) is 2.71. The number of halogens is 1. The first-order chi connectivity index (χ1) is 8.11. The van der Waals surface area contributed by atoms with Gasteiger partial charge in [0.1, 0.15) is 5.58 Å². The number of carbonyl (C=O) groups excluding carboxylic acids is 1. The number of amides is 1. The van der Waals surface area contributed by atoms with Gasteiger partial charge in [0, 0.05) is 23.5 Å². The molecule has 1 heterocycles. The van der Waals surface area contributed by atoms with E-state index in [2.05, 4.69) is 15.9 Å². The van der Waals surface area contributed by atoms with E-state index in [1.54, 1.807) is 13.1 Å². The monoisotopic (exact) mass is 297 g/mol. The van der Waals surface area contributed by atoms with Crippen LogP contribution in [0, 0.1) is 0 Å². The fourth-order valence-corrected chi connectivity index (χ4v) is 1.89. The first-order valence-corrected chi connectivity index (χ1v) is 5.96. The van der Waals surface area contributed by atoms with Crippen LogP contribution < -0.4 is 0 Å². The van der Waals surface area contributed by atoms with Crippen LogP contribution >= 0.6 is 15.9 Å². The third kappa shape index (κ3) is 2.50. The Labute approximate surface area is 107 Å². The van der Waals surface area contributed by atoms with Crippen molar-refractivity contribution in [3.8, 4) is 0 Å². The second-order valence-corrected chi connectivity index (χ2v) is 4.66. The van der Waals surface area contributed by atoms with Gasteiger partial charge >= 0.3 is 0 Å². The molecule has 5 heteroatoms. The first kappa shape index (κ1) is 12.1. The number of furan rings is 1. The largest absolute Gasteiger partial charge is 0.451 e. The minimum absolute atomic E-state index is 0.0615. The Kier molecular flexibility index (Phi) is 3.49. The fraction of sp³-hybridized carbons (Fsp3) is 0.250. The van der Waals surface area contributed by atoms with E-state index in [-0.39, 0.29) is 18.3 Å². The lowest BCUT2D eigenvalue weighted by atomic mass is 10.2. The summed E-state index contributed by atoms with van der Waals surface area (Å²) in [5.74, 6) is 0.0559. The zero-order valence-electron chi connectivity index (χ0n) is 9.31. The molecule has 0 atom stereocenters. The van der Waals surface area contributed by atoms with Gasteiger partial charge in [-0.05, 0) is 24.3 Å². The lowest BCUT2D eigenvalue weighted by molar-refractivity contribution is 0.0738. The lowest BCUT2D eigenvalue weighted by Gasteiger charge is -2.13. The summed E-state index contributed by atoms with van der Waals surface area (Å²) in [6.45, 7) is 0.230. The maximum absolute atomic E-state index is 11.9. The molecule has 0 aliphatic carbocycles. The average molecular weight is 298 g/mol. The lowest BCUT2D eigenvalue weighted by Crippen LogP contribution is -2.29. The highest BCUT2D eigenvalue weighted by atomic mass is 79.9. The van der Waals surface area contributed by atoms with Gasteiger partial charge in [0.25, 0.3) is 5.91 Å². The van der Waals surface area contributed by atoms with Crippen molar-refractivity contribution in [2.75, 3.05) is 20.2 Å². The minimum Gasteiger partial charge on any atom is -0.451 e. The normalized spacial score (nSPS) is 10.8. The van der Waals surface area contributed by atoms with Crippen molar-refractivity contribution in [1.82, 2.24) is 4.90 Å². The topological polar surface area (TPSA) is 53.7 Å². The molecular weight excluding hydrogens is 286 g/mol. The Morgan fingerprint density at radius 2 is 2.24 bits per heavy atom. The smallest absolute Gasteiger partial charge is 0.289 e. The van der Waals surface area contributed by atoms with E-state index in [1.807, 2.05) is 18.2 Å². The first-order valence-electron chi connectivity index (χ1n) is 5.17. The Morgan fingerprint density at radius 1 is 1.47 bits per heavy atom. The standard InChI is InChI=1S/C12H12BrNO3/c1-14(4-5-15)12(16)11-6-8-2-3-9(13)7-10(8)17-11/h2-3,6-7,15H,4-5H2,1H3. The SMILES string of the molecule is CN(CCO)C(=O)c1cc2ccc(Br)cc2o1. The van der Waals surface area contributed by atoms with Crippen molar-refractivity contribution < 1.29 is 14.3 Å². The Balaban J connectivity index is 2.33. The number of aliphatic hydroxyl groups is 1. The predicted molar refractivity (Wildman–Crippen MR) is 68.0 cm³/mol. The second kappa shape index (κ2) is 4.89. The van der Waals surface area contributed by atoms with Crippen LogP contribution in [-0.2, 0) is 0 Å². The molecule has 17 heavy (non-hydrogen) atoms. The van der Waals surface area contributed by atoms with Gasteiger partial charge in [0.05, 0.1) is 6.61 Å². The number of aliphatic hydroxyl groups excluding tert-OH is 1. The summed E-state index contributed by atoms with van der Waals surface area (Å²) in [7, 11) is 1.63. The highest BCUT2D eigenvalue weighted by molar-refractivity contribution is 9.10. The Morgan fingerprint density at radius 3 is 2.94 bits per heavy atom. The second-order valence-electron chi connectivity index (χ2n) is 3.74. The van der Waals surface area contributed by atoms with Gasteiger partial charge in [-0.1, -0.05) is 15.9 Å². The molecule has 0 aliphatic rings. The van der Waals surface area contributed by atoms with Crippen LogP contribution in [0.3, 0.4) is 0 Å². The molecule has 0 spiro atoms. The van der Waals surface area contributed by atoms with E-state index in [0.717, 1.165) is 9.86 Å². The van der Waals surface area contributed by atoms with Gasteiger partial charge < -0.3 is 14.4 Å². The maximum Gasteiger partial charge on any atom is 0.289 e. The number of rotatable bonds is 3. The zero-order valence-corrected chi connectivity index (χ0v) is 10.9. The molecule has 1 N–H and O–H groups in total. The van der Waals surface area contributed by atoms with E-state index in [1.165, 1.54) is 4.90 Å². The Hall–Kier alpha value is -1.33. The summed E-state index contributed by atoms with van der Waals surface area (Å²) >= 11 is 3.34. The third-order valence-corrected chi connectivity index (χ3v) is 2.97. The summed E-state index contributed by atoms with van der Waals surface area (Å²) in [5.41, 5.74) is 0.667. The molecule has 0 saturated carbocycles. The molecule has 4 nitrogen and oxygen atoms in total. The van der Waals surface area contributed by atoms with Gasteiger partial charge in [-0.3, -0.25) is 4.79 Å². The maximum atomic E-state index is 11.9. The molecule has 90 valence electrons. The van der Waals surface area contributed by atoms with E-state index in [0.29, 0.717) is 12.1 Å². The predicted octanol–water partition coefficient (Wildman–Crippen LogP) is 2.26. The number of hydrogen-bond donors (Lipinski definition) is 1. The highest BCUT2D eigenvalue weighted by Crippen LogP contribution is 2.23. The van der Waals surface area contributed by atoms with Crippen LogP contribution in [0.25, 0.3) is 11.0 Å². The summed E-state index contributed by atoms with van der Waals surface area (Å²) in [6.07, 6.45) is 0. The molecule has 0 aliphatic heterocycles. The van der Waals surface area contributed by atoms with Crippen LogP contribution in [-0.4, -0.2) is 36.1 Å². The van der Waals surface area contributed by atoms with E-state index in [9.17, 15) is 4.79 Å². The van der Waals surface area contributed by atoms with Crippen LogP contribution in [0.15, 0.2) is 33.2 Å². The van der Waals surface area contributed by atoms with Gasteiger partial charge in [-0.2, -0.15) is 0 Å². The van der Waals surface area contributed by atoms with Gasteiger partial charge in [0.2, 0.25) is 0 Å². The van der Waals surface area contributed by atoms with E-state index < -0.39 is 0 Å². The van der Waals surface area contributed by atoms with Crippen LogP contribution in [0.1, 0.15) is 10.6 Å². The fourth-order valence-electron chi connectivity index (χ4n) is 1.55. The molecular formula is C12H12BrNO3. The Bertz CT molecular complexity index is 550. The number of benzene rings is 1. The van der Waals surface area contributed by atoms with Crippen molar-refractivity contribution in [1.29, 1.82) is 0 Å². The zero-order chi connectivity index (χ0) is 12.4. The number of hydrogen-bond acceptors (Lipinski definition) is 3. The molecule has 0 bridgehead atoms. The van der Waals surface area contributed by atoms with E-state index >= 15 is 0 Å². The van der Waals surface area contributed by atoms with Crippen molar-refractivity contribution >= 4 is 32.8 Å². The molecule has 0 fully saturated rings. The van der Waals surface area contributed by atoms with Gasteiger partial charge in [-0.25, -0.2) is 0 Å². The summed E-state index contributed by atoms with van der Waals surface area (Å²) < 4.78 is 6.38. The minimum atomic E-state index is -0.230. The number of carbonyl (C=O) groups is 1. The summed E-state index contributed by atoms with van der Waals surface area (Å²) in [6, 6.07) is 7.30.